The van der Waals surface area contributed by atoms with E-state index in [2.05, 4.69) is 17.9 Å². The van der Waals surface area contributed by atoms with E-state index >= 15 is 0 Å². The van der Waals surface area contributed by atoms with Gasteiger partial charge in [-0.25, -0.2) is 4.79 Å². The number of methoxy groups -OCH3 is 3. The Bertz CT molecular complexity index is 1190. The normalized spacial score (nSPS) is 48.5. The van der Waals surface area contributed by atoms with Crippen molar-refractivity contribution in [2.75, 3.05) is 41.0 Å². The van der Waals surface area contributed by atoms with Gasteiger partial charge in [-0.1, -0.05) is 31.2 Å². The molecule has 3 saturated carbocycles. The lowest BCUT2D eigenvalue weighted by Gasteiger charge is -2.64. The third-order valence-electron chi connectivity index (χ3n) is 11.5. The van der Waals surface area contributed by atoms with Crippen LogP contribution in [0, 0.1) is 28.6 Å². The molecule has 9 nitrogen and oxygen atoms in total. The predicted octanol–water partition coefficient (Wildman–Crippen LogP) is 2.01. The van der Waals surface area contributed by atoms with E-state index in [4.69, 9.17) is 23.7 Å². The highest BCUT2D eigenvalue weighted by Gasteiger charge is 2.81. The number of hydrogen-bond donors (Lipinski definition) is 2. The van der Waals surface area contributed by atoms with Gasteiger partial charge in [-0.15, -0.1) is 0 Å². The molecule has 0 aromatic heterocycles. The zero-order valence-corrected chi connectivity index (χ0v) is 23.7. The van der Waals surface area contributed by atoms with Crippen LogP contribution in [0.15, 0.2) is 42.0 Å². The number of nitrogens with zero attached hydrogens (tertiary/aromatic N) is 1. The number of benzene rings is 1. The molecule has 0 radical (unpaired) electrons. The molecule has 0 spiro atoms. The van der Waals surface area contributed by atoms with Crippen molar-refractivity contribution >= 4 is 5.97 Å². The van der Waals surface area contributed by atoms with E-state index in [0.717, 1.165) is 31.5 Å². The fourth-order valence-corrected chi connectivity index (χ4v) is 10.4. The van der Waals surface area contributed by atoms with Crippen LogP contribution in [0.25, 0.3) is 0 Å². The number of carbonyl (C=O) groups excluding carboxylic acids is 1. The number of esters is 1. The minimum atomic E-state index is -1.58. The quantitative estimate of drug-likeness (QED) is 0.386. The predicted molar refractivity (Wildman–Crippen MR) is 143 cm³/mol. The summed E-state index contributed by atoms with van der Waals surface area (Å²) in [5, 5.41) is 24.2. The standard InChI is InChI=1S/C31H41NO8/c1-5-32-15-29(16-36-2)12-11-21(37-3)31-19-14-30(35)25(40-27(34)17-9-7-6-8-10-17)22(19)18(23(33)26(30)38-4)13-20(24(29)31)39-28(31)32/h6-10,13,19-26,28,33,35H,5,11-12,14-16H2,1-4H3/t19-,20-,21-,22-,23+,24+,25-,26+,28+,29-,30-,31-/m0/s1. The molecule has 4 aliphatic carbocycles. The Morgan fingerprint density at radius 2 is 1.93 bits per heavy atom. The Balaban J connectivity index is 1.42. The number of fused-ring (bicyclic) bond motifs is 1. The van der Waals surface area contributed by atoms with Crippen molar-refractivity contribution in [3.8, 4) is 0 Å². The van der Waals surface area contributed by atoms with Crippen molar-refractivity contribution in [3.05, 3.63) is 47.5 Å². The van der Waals surface area contributed by atoms with E-state index in [1.54, 1.807) is 38.5 Å². The maximum absolute atomic E-state index is 13.4. The highest BCUT2D eigenvalue weighted by atomic mass is 16.6. The number of piperidine rings is 1. The summed E-state index contributed by atoms with van der Waals surface area (Å²) in [4.78, 5) is 15.9. The minimum absolute atomic E-state index is 0.0653. The van der Waals surface area contributed by atoms with Gasteiger partial charge in [0.15, 0.2) is 0 Å². The van der Waals surface area contributed by atoms with Crippen molar-refractivity contribution in [2.24, 2.45) is 28.6 Å². The van der Waals surface area contributed by atoms with Crippen molar-refractivity contribution in [1.29, 1.82) is 0 Å². The lowest BCUT2D eigenvalue weighted by atomic mass is 9.46. The van der Waals surface area contributed by atoms with E-state index in [1.807, 2.05) is 6.07 Å². The molecular formula is C31H41NO8. The van der Waals surface area contributed by atoms with E-state index in [1.165, 1.54) is 7.11 Å². The van der Waals surface area contributed by atoms with Crippen LogP contribution >= 0.6 is 0 Å². The van der Waals surface area contributed by atoms with Gasteiger partial charge in [0, 0.05) is 50.5 Å². The number of likely N-dealkylation sites (tertiary alicyclic amines) is 1. The summed E-state index contributed by atoms with van der Waals surface area (Å²) in [5.41, 5.74) is -1.09. The van der Waals surface area contributed by atoms with E-state index in [-0.39, 0.29) is 35.7 Å². The van der Waals surface area contributed by atoms with E-state index in [9.17, 15) is 15.0 Å². The molecule has 6 aliphatic rings. The van der Waals surface area contributed by atoms with Crippen molar-refractivity contribution in [3.63, 3.8) is 0 Å². The Hall–Kier alpha value is -1.85. The molecule has 2 heterocycles. The first kappa shape index (κ1) is 27.0. The molecule has 2 aliphatic heterocycles. The Labute approximate surface area is 235 Å². The summed E-state index contributed by atoms with van der Waals surface area (Å²) < 4.78 is 31.3. The number of hydrogen-bond acceptors (Lipinski definition) is 9. The third-order valence-corrected chi connectivity index (χ3v) is 11.5. The number of ether oxygens (including phenoxy) is 5. The summed E-state index contributed by atoms with van der Waals surface area (Å²) >= 11 is 0. The third kappa shape index (κ3) is 3.20. The molecule has 1 aromatic carbocycles. The molecule has 40 heavy (non-hydrogen) atoms. The lowest BCUT2D eigenvalue weighted by Crippen LogP contribution is -2.71. The average molecular weight is 556 g/mol. The van der Waals surface area contributed by atoms with Gasteiger partial charge in [-0.3, -0.25) is 4.90 Å². The van der Waals surface area contributed by atoms with Crippen molar-refractivity contribution in [2.45, 2.75) is 68.5 Å². The number of rotatable bonds is 7. The second-order valence-electron chi connectivity index (χ2n) is 12.8. The lowest BCUT2D eigenvalue weighted by molar-refractivity contribution is -0.246. The molecule has 218 valence electrons. The van der Waals surface area contributed by atoms with Gasteiger partial charge in [0.2, 0.25) is 0 Å². The summed E-state index contributed by atoms with van der Waals surface area (Å²) in [6, 6.07) is 8.86. The van der Waals surface area contributed by atoms with Crippen LogP contribution in [-0.4, -0.2) is 104 Å². The van der Waals surface area contributed by atoms with Crippen LogP contribution in [-0.2, 0) is 23.7 Å². The van der Waals surface area contributed by atoms with Gasteiger partial charge < -0.3 is 33.9 Å². The van der Waals surface area contributed by atoms with Crippen LogP contribution in [0.5, 0.6) is 0 Å². The van der Waals surface area contributed by atoms with E-state index < -0.39 is 41.2 Å². The fourth-order valence-electron chi connectivity index (χ4n) is 10.4. The molecular weight excluding hydrogens is 514 g/mol. The highest BCUT2D eigenvalue weighted by molar-refractivity contribution is 5.89. The first-order valence-corrected chi connectivity index (χ1v) is 14.6. The molecule has 0 unspecified atom stereocenters. The van der Waals surface area contributed by atoms with Gasteiger partial charge >= 0.3 is 5.97 Å². The highest BCUT2D eigenvalue weighted by Crippen LogP contribution is 2.74. The molecule has 12 atom stereocenters. The topological polar surface area (TPSA) is 107 Å². The largest absolute Gasteiger partial charge is 0.455 e. The monoisotopic (exact) mass is 555 g/mol. The Kier molecular flexibility index (Phi) is 6.30. The van der Waals surface area contributed by atoms with Crippen LogP contribution in [0.1, 0.15) is 36.5 Å². The molecule has 7 bridgehead atoms. The van der Waals surface area contributed by atoms with Crippen LogP contribution in [0.4, 0.5) is 0 Å². The molecule has 5 fully saturated rings. The SMILES string of the molecule is CCN1C[C@]2(COC)CC[C@H](OC)[C@]34[C@@H]2[C@H](C=C2[C@@H]5[C@H](OC(=O)c6ccccc6)[C@@](O)(C[C@@H]53)[C@H](OC)[C@@H]2O)O[C@@H]14. The van der Waals surface area contributed by atoms with Gasteiger partial charge in [-0.05, 0) is 49.4 Å². The molecule has 2 saturated heterocycles. The molecule has 9 heteroatoms. The summed E-state index contributed by atoms with van der Waals surface area (Å²) in [7, 11) is 5.04. The average Bonchev–Trinajstić information content (AvgIpc) is 3.30. The van der Waals surface area contributed by atoms with Gasteiger partial charge in [0.25, 0.3) is 0 Å². The Morgan fingerprint density at radius 1 is 1.15 bits per heavy atom. The van der Waals surface area contributed by atoms with Crippen LogP contribution in [0.3, 0.4) is 0 Å². The fraction of sp³-hybridized carbons (Fsp3) is 0.710. The van der Waals surface area contributed by atoms with Crippen molar-refractivity contribution in [1.82, 2.24) is 4.90 Å². The smallest absolute Gasteiger partial charge is 0.338 e. The maximum Gasteiger partial charge on any atom is 0.338 e. The van der Waals surface area contributed by atoms with E-state index in [0.29, 0.717) is 18.6 Å². The van der Waals surface area contributed by atoms with Crippen molar-refractivity contribution < 1.29 is 38.7 Å². The first-order chi connectivity index (χ1) is 19.3. The van der Waals surface area contributed by atoms with Crippen LogP contribution in [0.2, 0.25) is 0 Å². The molecule has 1 aromatic rings. The molecule has 2 N–H and O–H groups in total. The molecule has 7 rings (SSSR count). The minimum Gasteiger partial charge on any atom is -0.455 e. The maximum atomic E-state index is 13.4. The Morgan fingerprint density at radius 3 is 2.60 bits per heavy atom. The zero-order chi connectivity index (χ0) is 28.0. The summed E-state index contributed by atoms with van der Waals surface area (Å²) in [6.45, 7) is 4.43. The van der Waals surface area contributed by atoms with Crippen LogP contribution < -0.4 is 0 Å². The number of aliphatic hydroxyl groups excluding tert-OH is 1. The second-order valence-corrected chi connectivity index (χ2v) is 12.8. The van der Waals surface area contributed by atoms with Gasteiger partial charge in [-0.2, -0.15) is 0 Å². The zero-order valence-electron chi connectivity index (χ0n) is 23.7. The van der Waals surface area contributed by atoms with Gasteiger partial charge in [0.1, 0.15) is 30.1 Å². The molecule has 0 amide bonds. The number of carbonyl (C=O) groups is 1. The second kappa shape index (κ2) is 9.33. The number of aliphatic hydroxyl groups is 2. The summed E-state index contributed by atoms with van der Waals surface area (Å²) in [6.07, 6.45) is 0.683. The summed E-state index contributed by atoms with van der Waals surface area (Å²) in [5.74, 6) is -0.999. The first-order valence-electron chi connectivity index (χ1n) is 14.6. The van der Waals surface area contributed by atoms with Gasteiger partial charge in [0.05, 0.1) is 24.4 Å².